The molecule has 1 aromatic rings. The molecular weight excluding hydrogens is 224 g/mol. The Morgan fingerprint density at radius 2 is 1.94 bits per heavy atom. The Bertz CT molecular complexity index is 490. The third-order valence-electron chi connectivity index (χ3n) is 4.80. The molecule has 0 radical (unpaired) electrons. The van der Waals surface area contributed by atoms with Crippen LogP contribution in [0, 0.1) is 5.92 Å². The molecule has 0 saturated heterocycles. The van der Waals surface area contributed by atoms with Crippen molar-refractivity contribution in [2.45, 2.75) is 51.4 Å². The molecule has 0 aromatic heterocycles. The lowest BCUT2D eigenvalue weighted by molar-refractivity contribution is -0.142. The fraction of sp³-hybridized carbons (Fsp3) is 0.562. The maximum absolute atomic E-state index is 11.3. The number of hydrogen-bond acceptors (Lipinski definition) is 1. The summed E-state index contributed by atoms with van der Waals surface area (Å²) in [7, 11) is 0. The molecular formula is C16H20O2. The van der Waals surface area contributed by atoms with Crippen LogP contribution >= 0.6 is 0 Å². The molecule has 0 heterocycles. The van der Waals surface area contributed by atoms with Gasteiger partial charge in [-0.1, -0.05) is 19.1 Å². The highest BCUT2D eigenvalue weighted by atomic mass is 16.4. The summed E-state index contributed by atoms with van der Waals surface area (Å²) >= 11 is 0. The van der Waals surface area contributed by atoms with Crippen molar-refractivity contribution in [1.29, 1.82) is 0 Å². The van der Waals surface area contributed by atoms with Crippen LogP contribution in [0.4, 0.5) is 0 Å². The molecule has 1 N–H and O–H groups in total. The molecule has 0 fully saturated rings. The summed E-state index contributed by atoms with van der Waals surface area (Å²) in [6.45, 7) is 2.08. The lowest BCUT2D eigenvalue weighted by Gasteiger charge is -2.32. The Labute approximate surface area is 108 Å². The molecule has 2 aliphatic carbocycles. The zero-order chi connectivity index (χ0) is 12.7. The largest absolute Gasteiger partial charge is 0.481 e. The molecule has 0 aliphatic heterocycles. The van der Waals surface area contributed by atoms with E-state index in [1.807, 2.05) is 0 Å². The van der Waals surface area contributed by atoms with Gasteiger partial charge in [0.25, 0.3) is 0 Å². The first-order valence-electron chi connectivity index (χ1n) is 7.05. The molecule has 0 spiro atoms. The van der Waals surface area contributed by atoms with E-state index in [2.05, 4.69) is 19.1 Å². The number of rotatable bonds is 1. The quantitative estimate of drug-likeness (QED) is 0.823. The number of hydrogen-bond donors (Lipinski definition) is 1. The summed E-state index contributed by atoms with van der Waals surface area (Å²) in [4.78, 5) is 11.3. The van der Waals surface area contributed by atoms with Crippen LogP contribution in [0.25, 0.3) is 0 Å². The van der Waals surface area contributed by atoms with Gasteiger partial charge < -0.3 is 5.11 Å². The van der Waals surface area contributed by atoms with E-state index < -0.39 is 5.97 Å². The van der Waals surface area contributed by atoms with Gasteiger partial charge in [0, 0.05) is 0 Å². The van der Waals surface area contributed by atoms with Gasteiger partial charge in [-0.3, -0.25) is 4.79 Å². The summed E-state index contributed by atoms with van der Waals surface area (Å²) in [5.74, 6) is -0.663. The molecule has 2 atom stereocenters. The maximum Gasteiger partial charge on any atom is 0.307 e. The Morgan fingerprint density at radius 1 is 1.17 bits per heavy atom. The van der Waals surface area contributed by atoms with E-state index in [0.29, 0.717) is 0 Å². The molecule has 18 heavy (non-hydrogen) atoms. The van der Waals surface area contributed by atoms with E-state index in [1.54, 1.807) is 5.56 Å². The van der Waals surface area contributed by atoms with Crippen LogP contribution in [0.3, 0.4) is 0 Å². The molecule has 0 bridgehead atoms. The first-order valence-corrected chi connectivity index (χ1v) is 7.05. The molecule has 0 saturated carbocycles. The highest BCUT2D eigenvalue weighted by molar-refractivity contribution is 5.72. The van der Waals surface area contributed by atoms with Crippen molar-refractivity contribution in [2.24, 2.45) is 5.92 Å². The van der Waals surface area contributed by atoms with Gasteiger partial charge in [0.05, 0.1) is 5.92 Å². The zero-order valence-corrected chi connectivity index (χ0v) is 10.9. The molecule has 2 nitrogen and oxygen atoms in total. The summed E-state index contributed by atoms with van der Waals surface area (Å²) in [5.41, 5.74) is 5.85. The van der Waals surface area contributed by atoms with Gasteiger partial charge in [0.1, 0.15) is 0 Å². The second-order valence-corrected chi connectivity index (χ2v) is 5.75. The Hall–Kier alpha value is -1.31. The average molecular weight is 244 g/mol. The van der Waals surface area contributed by atoms with E-state index in [-0.39, 0.29) is 11.8 Å². The summed E-state index contributed by atoms with van der Waals surface area (Å²) in [5, 5.41) is 9.27. The Kier molecular flexibility index (Phi) is 2.89. The van der Waals surface area contributed by atoms with Crippen molar-refractivity contribution in [3.8, 4) is 0 Å². The fourth-order valence-electron chi connectivity index (χ4n) is 3.75. The monoisotopic (exact) mass is 244 g/mol. The van der Waals surface area contributed by atoms with Crippen LogP contribution < -0.4 is 0 Å². The zero-order valence-electron chi connectivity index (χ0n) is 10.9. The lowest BCUT2D eigenvalue weighted by Crippen LogP contribution is -2.27. The van der Waals surface area contributed by atoms with Crippen LogP contribution in [0.15, 0.2) is 12.1 Å². The maximum atomic E-state index is 11.3. The van der Waals surface area contributed by atoms with Gasteiger partial charge in [-0.25, -0.2) is 0 Å². The molecule has 2 aliphatic rings. The number of carbonyl (C=O) groups is 1. The van der Waals surface area contributed by atoms with E-state index in [0.717, 1.165) is 12.8 Å². The second kappa shape index (κ2) is 4.42. The van der Waals surface area contributed by atoms with Gasteiger partial charge in [-0.05, 0) is 66.7 Å². The van der Waals surface area contributed by atoms with E-state index in [1.165, 1.54) is 42.4 Å². The SMILES string of the molecule is CC1c2ccc3c(c2CCC1C(=O)O)CCCC3. The Morgan fingerprint density at radius 3 is 2.72 bits per heavy atom. The predicted molar refractivity (Wildman–Crippen MR) is 70.9 cm³/mol. The van der Waals surface area contributed by atoms with E-state index in [9.17, 15) is 9.90 Å². The van der Waals surface area contributed by atoms with Crippen LogP contribution in [0.1, 0.15) is 54.4 Å². The number of carboxylic acids is 1. The smallest absolute Gasteiger partial charge is 0.307 e. The first kappa shape index (κ1) is 11.8. The standard InChI is InChI=1S/C16H20O2/c1-10-12-7-6-11-4-2-3-5-14(11)15(12)9-8-13(10)16(17)18/h6-7,10,13H,2-5,8-9H2,1H3,(H,17,18). The normalized spacial score (nSPS) is 26.3. The van der Waals surface area contributed by atoms with Gasteiger partial charge >= 0.3 is 5.97 Å². The highest BCUT2D eigenvalue weighted by Gasteiger charge is 2.33. The second-order valence-electron chi connectivity index (χ2n) is 5.75. The number of fused-ring (bicyclic) bond motifs is 3. The first-order chi connectivity index (χ1) is 8.68. The van der Waals surface area contributed by atoms with Crippen LogP contribution in [0.5, 0.6) is 0 Å². The van der Waals surface area contributed by atoms with Gasteiger partial charge in [-0.2, -0.15) is 0 Å². The van der Waals surface area contributed by atoms with Crippen molar-refractivity contribution >= 4 is 5.97 Å². The third-order valence-corrected chi connectivity index (χ3v) is 4.80. The minimum Gasteiger partial charge on any atom is -0.481 e. The lowest BCUT2D eigenvalue weighted by atomic mass is 9.72. The minimum atomic E-state index is -0.633. The van der Waals surface area contributed by atoms with Gasteiger partial charge in [-0.15, -0.1) is 0 Å². The fourth-order valence-corrected chi connectivity index (χ4v) is 3.75. The highest BCUT2D eigenvalue weighted by Crippen LogP contribution is 2.40. The topological polar surface area (TPSA) is 37.3 Å². The number of carboxylic acid groups (broad SMARTS) is 1. The molecule has 2 unspecified atom stereocenters. The molecule has 0 amide bonds. The summed E-state index contributed by atoms with van der Waals surface area (Å²) in [6.07, 6.45) is 6.77. The molecule has 2 heteroatoms. The van der Waals surface area contributed by atoms with Gasteiger partial charge in [0.2, 0.25) is 0 Å². The molecule has 1 aromatic carbocycles. The number of aliphatic carboxylic acids is 1. The van der Waals surface area contributed by atoms with Crippen molar-refractivity contribution in [3.63, 3.8) is 0 Å². The molecule has 3 rings (SSSR count). The van der Waals surface area contributed by atoms with Crippen molar-refractivity contribution in [2.75, 3.05) is 0 Å². The Balaban J connectivity index is 2.04. The number of benzene rings is 1. The van der Waals surface area contributed by atoms with Crippen LogP contribution in [-0.2, 0) is 24.1 Å². The minimum absolute atomic E-state index is 0.165. The summed E-state index contributed by atoms with van der Waals surface area (Å²) in [6, 6.07) is 4.44. The summed E-state index contributed by atoms with van der Waals surface area (Å²) < 4.78 is 0. The van der Waals surface area contributed by atoms with E-state index >= 15 is 0 Å². The van der Waals surface area contributed by atoms with E-state index in [4.69, 9.17) is 0 Å². The van der Waals surface area contributed by atoms with Crippen LogP contribution in [0.2, 0.25) is 0 Å². The van der Waals surface area contributed by atoms with Crippen molar-refractivity contribution < 1.29 is 9.90 Å². The predicted octanol–water partition coefficient (Wildman–Crippen LogP) is 3.32. The number of aryl methyl sites for hydroxylation is 1. The third kappa shape index (κ3) is 1.75. The average Bonchev–Trinajstić information content (AvgIpc) is 2.38. The van der Waals surface area contributed by atoms with Crippen LogP contribution in [-0.4, -0.2) is 11.1 Å². The van der Waals surface area contributed by atoms with Crippen molar-refractivity contribution in [3.05, 3.63) is 34.4 Å². The van der Waals surface area contributed by atoms with Crippen molar-refractivity contribution in [1.82, 2.24) is 0 Å². The molecule has 96 valence electrons. The van der Waals surface area contributed by atoms with Gasteiger partial charge in [0.15, 0.2) is 0 Å².